The molecule has 7 heteroatoms. The number of fused-ring (bicyclic) bond motifs is 1. The van der Waals surface area contributed by atoms with E-state index in [1.165, 1.54) is 17.3 Å². The van der Waals surface area contributed by atoms with Gasteiger partial charge in [-0.15, -0.1) is 0 Å². The average molecular weight is 492 g/mol. The van der Waals surface area contributed by atoms with Crippen LogP contribution in [0, 0.1) is 0 Å². The van der Waals surface area contributed by atoms with Crippen LogP contribution in [0.2, 0.25) is 5.02 Å². The van der Waals surface area contributed by atoms with Gasteiger partial charge in [0.2, 0.25) is 0 Å². The van der Waals surface area contributed by atoms with Gasteiger partial charge in [-0.1, -0.05) is 79.7 Å². The molecule has 1 atom stereocenters. The molecule has 2 aliphatic rings. The van der Waals surface area contributed by atoms with Gasteiger partial charge in [0.05, 0.1) is 5.56 Å². The quantitative estimate of drug-likeness (QED) is 0.319. The molecule has 0 amide bonds. The molecule has 5 nitrogen and oxygen atoms in total. The number of allylic oxidation sites excluding steroid dienone is 2. The van der Waals surface area contributed by atoms with Crippen molar-refractivity contribution in [3.63, 3.8) is 0 Å². The smallest absolute Gasteiger partial charge is 0.257 e. The summed E-state index contributed by atoms with van der Waals surface area (Å²) in [6.45, 7) is 4.30. The molecular formula is C27H26ClN3O2S. The molecule has 0 bridgehead atoms. The van der Waals surface area contributed by atoms with E-state index in [0.29, 0.717) is 45.2 Å². The Morgan fingerprint density at radius 2 is 1.85 bits per heavy atom. The van der Waals surface area contributed by atoms with Crippen molar-refractivity contribution < 1.29 is 4.79 Å². The minimum atomic E-state index is -0.417. The fourth-order valence-corrected chi connectivity index (χ4v) is 5.82. The topological polar surface area (TPSA) is 74.8 Å². The van der Waals surface area contributed by atoms with Gasteiger partial charge in [0.1, 0.15) is 5.82 Å². The second-order valence-electron chi connectivity index (χ2n) is 9.06. The Morgan fingerprint density at radius 1 is 1.09 bits per heavy atom. The molecular weight excluding hydrogens is 466 g/mol. The second kappa shape index (κ2) is 9.43. The number of aromatic nitrogens is 2. The van der Waals surface area contributed by atoms with Crippen LogP contribution in [0.25, 0.3) is 0 Å². The van der Waals surface area contributed by atoms with Gasteiger partial charge in [-0.2, -0.15) is 0 Å². The van der Waals surface area contributed by atoms with Gasteiger partial charge < -0.3 is 10.3 Å². The van der Waals surface area contributed by atoms with E-state index in [-0.39, 0.29) is 11.3 Å². The van der Waals surface area contributed by atoms with E-state index >= 15 is 0 Å². The van der Waals surface area contributed by atoms with Crippen LogP contribution in [0.15, 0.2) is 69.8 Å². The number of H-pyrrole nitrogens is 1. The Bertz CT molecular complexity index is 1340. The molecule has 1 aromatic heterocycles. The standard InChI is InChI=1S/C27H26ClN3O2S/c1-15(2)16-10-12-17(13-11-16)22-23-20(8-5-9-21(23)32)29-25-24(22)26(33)31-27(30-25)34-14-18-6-3-4-7-19(18)28/h3-4,6-7,10-13,15,22H,5,8-9,14H2,1-2H3,(H2,29,30,31,33)/t22-/m0/s1. The van der Waals surface area contributed by atoms with Crippen LogP contribution >= 0.6 is 23.4 Å². The lowest BCUT2D eigenvalue weighted by atomic mass is 9.76. The SMILES string of the molecule is CC(C)c1ccc([C@H]2C3=C(CCCC3=O)Nc3nc(SCc4ccccc4Cl)[nH]c(=O)c32)cc1. The van der Waals surface area contributed by atoms with Gasteiger partial charge in [0, 0.05) is 34.4 Å². The first-order valence-corrected chi connectivity index (χ1v) is 12.9. The third-order valence-electron chi connectivity index (χ3n) is 6.50. The average Bonchev–Trinajstić information content (AvgIpc) is 2.82. The van der Waals surface area contributed by atoms with Crippen molar-refractivity contribution in [2.75, 3.05) is 5.32 Å². The largest absolute Gasteiger partial charge is 0.343 e. The maximum Gasteiger partial charge on any atom is 0.257 e. The van der Waals surface area contributed by atoms with Crippen molar-refractivity contribution in [3.05, 3.63) is 97.4 Å². The molecule has 1 aliphatic carbocycles. The zero-order chi connectivity index (χ0) is 23.8. The lowest BCUT2D eigenvalue weighted by Gasteiger charge is -2.33. The summed E-state index contributed by atoms with van der Waals surface area (Å²) in [7, 11) is 0. The first-order valence-electron chi connectivity index (χ1n) is 11.6. The number of rotatable bonds is 5. The first kappa shape index (κ1) is 22.9. The van der Waals surface area contributed by atoms with Crippen molar-refractivity contribution in [2.24, 2.45) is 0 Å². The van der Waals surface area contributed by atoms with Crippen LogP contribution < -0.4 is 10.9 Å². The molecule has 2 N–H and O–H groups in total. The maximum atomic E-state index is 13.4. The fraction of sp³-hybridized carbons (Fsp3) is 0.296. The summed E-state index contributed by atoms with van der Waals surface area (Å²) >= 11 is 7.72. The van der Waals surface area contributed by atoms with Gasteiger partial charge in [0.25, 0.3) is 5.56 Å². The summed E-state index contributed by atoms with van der Waals surface area (Å²) < 4.78 is 0. The lowest BCUT2D eigenvalue weighted by Crippen LogP contribution is -2.32. The van der Waals surface area contributed by atoms with Gasteiger partial charge in [-0.25, -0.2) is 4.98 Å². The molecule has 0 fully saturated rings. The number of nitrogens with one attached hydrogen (secondary N) is 2. The third kappa shape index (κ3) is 4.32. The van der Waals surface area contributed by atoms with Crippen molar-refractivity contribution >= 4 is 35.0 Å². The Balaban J connectivity index is 1.55. The van der Waals surface area contributed by atoms with Crippen LogP contribution in [-0.2, 0) is 10.5 Å². The summed E-state index contributed by atoms with van der Waals surface area (Å²) in [5.41, 5.74) is 5.03. The highest BCUT2D eigenvalue weighted by atomic mass is 35.5. The van der Waals surface area contributed by atoms with Gasteiger partial charge >= 0.3 is 0 Å². The van der Waals surface area contributed by atoms with Crippen LogP contribution in [0.1, 0.15) is 67.2 Å². The zero-order valence-corrected chi connectivity index (χ0v) is 20.7. The Hall–Kier alpha value is -2.83. The molecule has 0 unspecified atom stereocenters. The van der Waals surface area contributed by atoms with Gasteiger partial charge in [-0.05, 0) is 41.5 Å². The summed E-state index contributed by atoms with van der Waals surface area (Å²) in [4.78, 5) is 34.1. The van der Waals surface area contributed by atoms with E-state index in [1.54, 1.807) is 0 Å². The van der Waals surface area contributed by atoms with E-state index in [1.807, 2.05) is 36.4 Å². The number of Topliss-reactive ketones (excluding diaryl/α,β-unsaturated/α-hetero) is 1. The van der Waals surface area contributed by atoms with Crippen molar-refractivity contribution in [1.29, 1.82) is 0 Å². The van der Waals surface area contributed by atoms with E-state index in [2.05, 4.69) is 36.3 Å². The molecule has 0 saturated heterocycles. The minimum Gasteiger partial charge on any atom is -0.343 e. The van der Waals surface area contributed by atoms with E-state index in [4.69, 9.17) is 16.6 Å². The minimum absolute atomic E-state index is 0.105. The second-order valence-corrected chi connectivity index (χ2v) is 10.4. The number of benzene rings is 2. The molecule has 1 aliphatic heterocycles. The van der Waals surface area contributed by atoms with Crippen LogP contribution in [0.4, 0.5) is 5.82 Å². The van der Waals surface area contributed by atoms with E-state index in [0.717, 1.165) is 29.7 Å². The zero-order valence-electron chi connectivity index (χ0n) is 19.2. The highest BCUT2D eigenvalue weighted by Crippen LogP contribution is 2.43. The maximum absolute atomic E-state index is 13.4. The highest BCUT2D eigenvalue weighted by molar-refractivity contribution is 7.98. The number of aromatic amines is 1. The number of hydrogen-bond acceptors (Lipinski definition) is 5. The van der Waals surface area contributed by atoms with Crippen LogP contribution in [0.5, 0.6) is 0 Å². The Kier molecular flexibility index (Phi) is 6.36. The summed E-state index contributed by atoms with van der Waals surface area (Å²) in [5.74, 6) is 1.22. The number of hydrogen-bond donors (Lipinski definition) is 2. The lowest BCUT2D eigenvalue weighted by molar-refractivity contribution is -0.116. The number of anilines is 1. The molecule has 0 radical (unpaired) electrons. The molecule has 5 rings (SSSR count). The predicted molar refractivity (Wildman–Crippen MR) is 138 cm³/mol. The van der Waals surface area contributed by atoms with Crippen molar-refractivity contribution in [3.8, 4) is 0 Å². The third-order valence-corrected chi connectivity index (χ3v) is 7.79. The number of halogens is 1. The van der Waals surface area contributed by atoms with Crippen LogP contribution in [0.3, 0.4) is 0 Å². The number of ketones is 1. The normalized spacial score (nSPS) is 17.4. The Morgan fingerprint density at radius 3 is 2.59 bits per heavy atom. The molecule has 2 aromatic carbocycles. The molecule has 0 saturated carbocycles. The summed E-state index contributed by atoms with van der Waals surface area (Å²) in [6, 6.07) is 15.9. The van der Waals surface area contributed by atoms with E-state index < -0.39 is 5.92 Å². The summed E-state index contributed by atoms with van der Waals surface area (Å²) in [6.07, 6.45) is 2.08. The highest BCUT2D eigenvalue weighted by Gasteiger charge is 2.37. The molecule has 174 valence electrons. The molecule has 2 heterocycles. The Labute approximate surface area is 208 Å². The predicted octanol–water partition coefficient (Wildman–Crippen LogP) is 6.40. The monoisotopic (exact) mass is 491 g/mol. The summed E-state index contributed by atoms with van der Waals surface area (Å²) in [5, 5.41) is 4.55. The van der Waals surface area contributed by atoms with Crippen molar-refractivity contribution in [2.45, 2.75) is 55.9 Å². The first-order chi connectivity index (χ1) is 16.4. The number of carbonyl (C=O) groups excluding carboxylic acids is 1. The van der Waals surface area contributed by atoms with Crippen molar-refractivity contribution in [1.82, 2.24) is 9.97 Å². The molecule has 3 aromatic rings. The number of thioether (sulfide) groups is 1. The number of carbonyl (C=O) groups is 1. The number of nitrogens with zero attached hydrogens (tertiary/aromatic N) is 1. The molecule has 0 spiro atoms. The van der Waals surface area contributed by atoms with Crippen LogP contribution in [-0.4, -0.2) is 15.8 Å². The molecule has 34 heavy (non-hydrogen) atoms. The van der Waals surface area contributed by atoms with Gasteiger partial charge in [0.15, 0.2) is 10.9 Å². The van der Waals surface area contributed by atoms with E-state index in [9.17, 15) is 9.59 Å². The fourth-order valence-electron chi connectivity index (χ4n) is 4.68. The van der Waals surface area contributed by atoms with Gasteiger partial charge in [-0.3, -0.25) is 9.59 Å².